The average Bonchev–Trinajstić information content (AvgIpc) is 2.74. The number of benzene rings is 1. The molecule has 4 heteroatoms. The summed E-state index contributed by atoms with van der Waals surface area (Å²) in [6.45, 7) is 3.74. The van der Waals surface area contributed by atoms with Crippen LogP contribution in [0.15, 0.2) is 30.3 Å². The number of nitrogens with zero attached hydrogens (tertiary/aromatic N) is 1. The summed E-state index contributed by atoms with van der Waals surface area (Å²) in [6.07, 6.45) is 0.491. The number of rotatable bonds is 4. The first kappa shape index (κ1) is 11.4. The maximum atomic E-state index is 11.5. The van der Waals surface area contributed by atoms with Crippen LogP contribution in [0.25, 0.3) is 0 Å². The Morgan fingerprint density at radius 1 is 1.41 bits per heavy atom. The molecule has 0 atom stereocenters. The van der Waals surface area contributed by atoms with Gasteiger partial charge in [-0.3, -0.25) is 9.89 Å². The summed E-state index contributed by atoms with van der Waals surface area (Å²) in [5.74, 6) is 1.23. The molecule has 0 aliphatic carbocycles. The van der Waals surface area contributed by atoms with Crippen LogP contribution in [-0.4, -0.2) is 16.0 Å². The number of H-pyrrole nitrogens is 1. The largest absolute Gasteiger partial charge is 0.438 e. The predicted molar refractivity (Wildman–Crippen MR) is 64.5 cm³/mol. The van der Waals surface area contributed by atoms with Gasteiger partial charge in [-0.1, -0.05) is 19.1 Å². The molecule has 0 aliphatic rings. The zero-order valence-corrected chi connectivity index (χ0v) is 9.86. The minimum absolute atomic E-state index is 0.105. The Hall–Kier alpha value is -2.10. The highest BCUT2D eigenvalue weighted by molar-refractivity contribution is 5.96. The SMILES string of the molecule is CCC(=O)c1cccc(Oc2cc(C)[nH]n2)c1. The second kappa shape index (κ2) is 4.82. The van der Waals surface area contributed by atoms with E-state index in [0.717, 1.165) is 5.69 Å². The summed E-state index contributed by atoms with van der Waals surface area (Å²) in [6, 6.07) is 8.92. The van der Waals surface area contributed by atoms with Crippen molar-refractivity contribution in [1.82, 2.24) is 10.2 Å². The molecule has 1 heterocycles. The van der Waals surface area contributed by atoms with Crippen molar-refractivity contribution in [3.8, 4) is 11.6 Å². The van der Waals surface area contributed by atoms with Gasteiger partial charge in [0.25, 0.3) is 0 Å². The second-order valence-electron chi connectivity index (χ2n) is 3.80. The van der Waals surface area contributed by atoms with E-state index in [9.17, 15) is 4.79 Å². The summed E-state index contributed by atoms with van der Waals surface area (Å²) in [4.78, 5) is 11.5. The minimum atomic E-state index is 0.105. The number of aryl methyl sites for hydroxylation is 1. The number of aromatic nitrogens is 2. The van der Waals surface area contributed by atoms with Gasteiger partial charge < -0.3 is 4.74 Å². The van der Waals surface area contributed by atoms with Crippen molar-refractivity contribution < 1.29 is 9.53 Å². The van der Waals surface area contributed by atoms with Crippen LogP contribution in [0.5, 0.6) is 11.6 Å². The maximum absolute atomic E-state index is 11.5. The Balaban J connectivity index is 2.19. The summed E-state index contributed by atoms with van der Waals surface area (Å²) in [5.41, 5.74) is 1.60. The van der Waals surface area contributed by atoms with Crippen LogP contribution in [0.4, 0.5) is 0 Å². The van der Waals surface area contributed by atoms with E-state index < -0.39 is 0 Å². The van der Waals surface area contributed by atoms with E-state index in [0.29, 0.717) is 23.6 Å². The molecule has 0 unspecified atom stereocenters. The first-order valence-corrected chi connectivity index (χ1v) is 5.52. The van der Waals surface area contributed by atoms with Gasteiger partial charge in [-0.2, -0.15) is 0 Å². The Morgan fingerprint density at radius 2 is 2.24 bits per heavy atom. The monoisotopic (exact) mass is 230 g/mol. The molecule has 1 aromatic heterocycles. The molecule has 0 radical (unpaired) electrons. The minimum Gasteiger partial charge on any atom is -0.438 e. The fourth-order valence-corrected chi connectivity index (χ4v) is 1.50. The van der Waals surface area contributed by atoms with Crippen LogP contribution >= 0.6 is 0 Å². The fraction of sp³-hybridized carbons (Fsp3) is 0.231. The van der Waals surface area contributed by atoms with Gasteiger partial charge in [0.05, 0.1) is 0 Å². The zero-order chi connectivity index (χ0) is 12.3. The van der Waals surface area contributed by atoms with Crippen LogP contribution in [0.3, 0.4) is 0 Å². The van der Waals surface area contributed by atoms with Gasteiger partial charge in [0.15, 0.2) is 5.78 Å². The number of ketones is 1. The Morgan fingerprint density at radius 3 is 2.88 bits per heavy atom. The molecule has 1 aromatic carbocycles. The van der Waals surface area contributed by atoms with E-state index >= 15 is 0 Å². The Bertz CT molecular complexity index is 532. The van der Waals surface area contributed by atoms with Gasteiger partial charge in [-0.05, 0) is 19.1 Å². The van der Waals surface area contributed by atoms with Gasteiger partial charge in [0.2, 0.25) is 5.88 Å². The van der Waals surface area contributed by atoms with Crippen molar-refractivity contribution in [3.63, 3.8) is 0 Å². The summed E-state index contributed by atoms with van der Waals surface area (Å²) >= 11 is 0. The summed E-state index contributed by atoms with van der Waals surface area (Å²) < 4.78 is 5.54. The highest BCUT2D eigenvalue weighted by Gasteiger charge is 2.06. The van der Waals surface area contributed by atoms with Crippen LogP contribution in [0.1, 0.15) is 29.4 Å². The van der Waals surface area contributed by atoms with E-state index in [1.165, 1.54) is 0 Å². The Kier molecular flexibility index (Phi) is 3.23. The quantitative estimate of drug-likeness (QED) is 0.821. The van der Waals surface area contributed by atoms with Crippen molar-refractivity contribution in [1.29, 1.82) is 0 Å². The van der Waals surface area contributed by atoms with Gasteiger partial charge in [-0.15, -0.1) is 5.10 Å². The molecular formula is C13H14N2O2. The van der Waals surface area contributed by atoms with E-state index in [-0.39, 0.29) is 5.78 Å². The van der Waals surface area contributed by atoms with Crippen molar-refractivity contribution in [2.24, 2.45) is 0 Å². The summed E-state index contributed by atoms with van der Waals surface area (Å²) in [5, 5.41) is 6.77. The third kappa shape index (κ3) is 2.72. The molecule has 4 nitrogen and oxygen atoms in total. The maximum Gasteiger partial charge on any atom is 0.238 e. The number of Topliss-reactive ketones (excluding diaryl/α,β-unsaturated/α-hetero) is 1. The smallest absolute Gasteiger partial charge is 0.238 e. The lowest BCUT2D eigenvalue weighted by molar-refractivity contribution is 0.0988. The van der Waals surface area contributed by atoms with Crippen LogP contribution < -0.4 is 4.74 Å². The molecule has 0 amide bonds. The molecular weight excluding hydrogens is 216 g/mol. The van der Waals surface area contributed by atoms with Crippen LogP contribution in [0.2, 0.25) is 0 Å². The third-order valence-corrected chi connectivity index (χ3v) is 2.38. The highest BCUT2D eigenvalue weighted by atomic mass is 16.5. The molecule has 2 aromatic rings. The number of carbonyl (C=O) groups excluding carboxylic acids is 1. The average molecular weight is 230 g/mol. The lowest BCUT2D eigenvalue weighted by atomic mass is 10.1. The third-order valence-electron chi connectivity index (χ3n) is 2.38. The predicted octanol–water partition coefficient (Wildman–Crippen LogP) is 3.10. The molecule has 0 spiro atoms. The second-order valence-corrected chi connectivity index (χ2v) is 3.80. The summed E-state index contributed by atoms with van der Waals surface area (Å²) in [7, 11) is 0. The van der Waals surface area contributed by atoms with Crippen molar-refractivity contribution in [2.75, 3.05) is 0 Å². The molecule has 0 bridgehead atoms. The zero-order valence-electron chi connectivity index (χ0n) is 9.86. The topological polar surface area (TPSA) is 55.0 Å². The number of nitrogens with one attached hydrogen (secondary N) is 1. The molecule has 88 valence electrons. The first-order valence-electron chi connectivity index (χ1n) is 5.52. The standard InChI is InChI=1S/C13H14N2O2/c1-3-12(16)10-5-4-6-11(8-10)17-13-7-9(2)14-15-13/h4-8H,3H2,1-2H3,(H,14,15). The Labute approximate surface area is 99.6 Å². The number of ether oxygens (including phenoxy) is 1. The van der Waals surface area contributed by atoms with Crippen molar-refractivity contribution >= 4 is 5.78 Å². The number of hydrogen-bond donors (Lipinski definition) is 1. The molecule has 0 fully saturated rings. The molecule has 0 saturated heterocycles. The van der Waals surface area contributed by atoms with E-state index in [1.54, 1.807) is 30.3 Å². The van der Waals surface area contributed by atoms with E-state index in [4.69, 9.17) is 4.74 Å². The van der Waals surface area contributed by atoms with Crippen molar-refractivity contribution in [2.45, 2.75) is 20.3 Å². The van der Waals surface area contributed by atoms with Gasteiger partial charge in [0.1, 0.15) is 5.75 Å². The lowest BCUT2D eigenvalue weighted by Crippen LogP contribution is -1.96. The van der Waals surface area contributed by atoms with Gasteiger partial charge in [-0.25, -0.2) is 0 Å². The lowest BCUT2D eigenvalue weighted by Gasteiger charge is -2.03. The molecule has 1 N–H and O–H groups in total. The first-order chi connectivity index (χ1) is 8.19. The van der Waals surface area contributed by atoms with Gasteiger partial charge >= 0.3 is 0 Å². The van der Waals surface area contributed by atoms with Gasteiger partial charge in [0, 0.05) is 23.7 Å². The molecule has 0 aliphatic heterocycles. The van der Waals surface area contributed by atoms with Crippen LogP contribution in [0, 0.1) is 6.92 Å². The van der Waals surface area contributed by atoms with Crippen LogP contribution in [-0.2, 0) is 0 Å². The van der Waals surface area contributed by atoms with E-state index in [1.807, 2.05) is 13.8 Å². The number of hydrogen-bond acceptors (Lipinski definition) is 3. The van der Waals surface area contributed by atoms with Crippen molar-refractivity contribution in [3.05, 3.63) is 41.6 Å². The molecule has 2 rings (SSSR count). The number of aromatic amines is 1. The highest BCUT2D eigenvalue weighted by Crippen LogP contribution is 2.21. The fourth-order valence-electron chi connectivity index (χ4n) is 1.50. The number of carbonyl (C=O) groups is 1. The molecule has 0 saturated carbocycles. The molecule has 17 heavy (non-hydrogen) atoms. The van der Waals surface area contributed by atoms with E-state index in [2.05, 4.69) is 10.2 Å². The normalized spacial score (nSPS) is 10.2.